The molecule has 0 aromatic heterocycles. The first-order valence-corrected chi connectivity index (χ1v) is 5.75. The van der Waals surface area contributed by atoms with Gasteiger partial charge in [-0.15, -0.1) is 0 Å². The van der Waals surface area contributed by atoms with Gasteiger partial charge in [-0.2, -0.15) is 0 Å². The monoisotopic (exact) mass is 245 g/mol. The first kappa shape index (κ1) is 14.2. The molecule has 0 fully saturated rings. The minimum atomic E-state index is -0.412. The number of ether oxygens (including phenoxy) is 1. The van der Waals surface area contributed by atoms with Crippen LogP contribution in [0.25, 0.3) is 11.6 Å². The average Bonchev–Trinajstić information content (AvgIpc) is 2.37. The molecule has 0 aliphatic rings. The molecule has 96 valence electrons. The van der Waals surface area contributed by atoms with E-state index in [4.69, 9.17) is 4.74 Å². The van der Waals surface area contributed by atoms with Gasteiger partial charge in [-0.25, -0.2) is 4.79 Å². The van der Waals surface area contributed by atoms with Crippen LogP contribution >= 0.6 is 0 Å². The zero-order chi connectivity index (χ0) is 13.7. The summed E-state index contributed by atoms with van der Waals surface area (Å²) in [5, 5.41) is 0. The second-order valence-electron chi connectivity index (χ2n) is 4.24. The molecule has 18 heavy (non-hydrogen) atoms. The van der Waals surface area contributed by atoms with Gasteiger partial charge in [0.1, 0.15) is 0 Å². The third-order valence-corrected chi connectivity index (χ3v) is 2.76. The normalized spacial score (nSPS) is 12.0. The highest BCUT2D eigenvalue weighted by Gasteiger charge is 2.17. The van der Waals surface area contributed by atoms with Crippen molar-refractivity contribution in [3.05, 3.63) is 48.6 Å². The van der Waals surface area contributed by atoms with Crippen LogP contribution in [0.3, 0.4) is 0 Å². The van der Waals surface area contributed by atoms with E-state index in [1.807, 2.05) is 50.2 Å². The molecule has 0 aliphatic heterocycles. The van der Waals surface area contributed by atoms with E-state index < -0.39 is 5.97 Å². The van der Waals surface area contributed by atoms with E-state index in [2.05, 4.69) is 13.2 Å². The average molecular weight is 245 g/mol. The van der Waals surface area contributed by atoms with Crippen LogP contribution < -0.4 is 0 Å². The Kier molecular flexibility index (Phi) is 4.86. The summed E-state index contributed by atoms with van der Waals surface area (Å²) in [7, 11) is 3.69. The molecule has 1 atom stereocenters. The van der Waals surface area contributed by atoms with E-state index in [9.17, 15) is 4.79 Å². The molecule has 1 rings (SSSR count). The number of hydrogen-bond donors (Lipinski definition) is 0. The summed E-state index contributed by atoms with van der Waals surface area (Å²) in [6, 6.07) is 7.47. The third kappa shape index (κ3) is 3.31. The Hall–Kier alpha value is -1.87. The van der Waals surface area contributed by atoms with Crippen molar-refractivity contribution in [2.75, 3.05) is 14.1 Å². The highest BCUT2D eigenvalue weighted by molar-refractivity contribution is 6.16. The number of carbonyl (C=O) groups excluding carboxylic acids is 1. The first-order valence-electron chi connectivity index (χ1n) is 5.75. The molecule has 0 saturated carbocycles. The molecule has 0 spiro atoms. The van der Waals surface area contributed by atoms with Gasteiger partial charge in [-0.1, -0.05) is 43.5 Å². The van der Waals surface area contributed by atoms with Crippen molar-refractivity contribution >= 4 is 17.6 Å². The Morgan fingerprint density at radius 1 is 1.39 bits per heavy atom. The molecule has 0 heterocycles. The Labute approximate surface area is 108 Å². The Bertz CT molecular complexity index is 463. The quantitative estimate of drug-likeness (QED) is 0.454. The zero-order valence-electron chi connectivity index (χ0n) is 11.1. The summed E-state index contributed by atoms with van der Waals surface area (Å²) in [5.41, 5.74) is 1.97. The van der Waals surface area contributed by atoms with Crippen LogP contribution in [0, 0.1) is 0 Å². The van der Waals surface area contributed by atoms with Crippen LogP contribution in [0.2, 0.25) is 0 Å². The highest BCUT2D eigenvalue weighted by atomic mass is 16.6. The SMILES string of the molecule is C=Cc1ccccc1C(=C)C(=O)OC(C)N(C)C. The van der Waals surface area contributed by atoms with Gasteiger partial charge >= 0.3 is 5.97 Å². The molecular weight excluding hydrogens is 226 g/mol. The van der Waals surface area contributed by atoms with Crippen LogP contribution in [0.1, 0.15) is 18.1 Å². The molecule has 3 heteroatoms. The molecule has 1 aromatic carbocycles. The van der Waals surface area contributed by atoms with Gasteiger partial charge in [0, 0.05) is 0 Å². The molecule has 0 saturated heterocycles. The predicted molar refractivity (Wildman–Crippen MR) is 74.8 cm³/mol. The van der Waals surface area contributed by atoms with Crippen LogP contribution in [-0.2, 0) is 9.53 Å². The van der Waals surface area contributed by atoms with Gasteiger partial charge in [0.05, 0.1) is 5.57 Å². The maximum Gasteiger partial charge on any atom is 0.339 e. The van der Waals surface area contributed by atoms with Gasteiger partial charge in [0.2, 0.25) is 0 Å². The van der Waals surface area contributed by atoms with E-state index in [0.717, 1.165) is 11.1 Å². The molecule has 0 amide bonds. The van der Waals surface area contributed by atoms with Crippen molar-refractivity contribution in [2.24, 2.45) is 0 Å². The fraction of sp³-hybridized carbons (Fsp3) is 0.267. The summed E-state index contributed by atoms with van der Waals surface area (Å²) in [5.74, 6) is -0.412. The highest BCUT2D eigenvalue weighted by Crippen LogP contribution is 2.20. The van der Waals surface area contributed by atoms with Gasteiger partial charge in [0.15, 0.2) is 6.23 Å². The minimum Gasteiger partial charge on any atom is -0.443 e. The second kappa shape index (κ2) is 6.17. The lowest BCUT2D eigenvalue weighted by Gasteiger charge is -2.20. The summed E-state index contributed by atoms with van der Waals surface area (Å²) in [6.45, 7) is 9.34. The molecular formula is C15H19NO2. The largest absolute Gasteiger partial charge is 0.443 e. The van der Waals surface area contributed by atoms with Gasteiger partial charge in [-0.3, -0.25) is 4.90 Å². The van der Waals surface area contributed by atoms with Crippen molar-refractivity contribution in [3.63, 3.8) is 0 Å². The zero-order valence-corrected chi connectivity index (χ0v) is 11.1. The predicted octanol–water partition coefficient (Wildman–Crippen LogP) is 2.79. The van der Waals surface area contributed by atoms with E-state index in [1.165, 1.54) is 0 Å². The van der Waals surface area contributed by atoms with E-state index in [0.29, 0.717) is 5.57 Å². The van der Waals surface area contributed by atoms with Crippen molar-refractivity contribution in [1.29, 1.82) is 0 Å². The number of rotatable bonds is 5. The fourth-order valence-electron chi connectivity index (χ4n) is 1.39. The van der Waals surface area contributed by atoms with Crippen LogP contribution in [0.4, 0.5) is 0 Å². The summed E-state index contributed by atoms with van der Waals surface area (Å²) < 4.78 is 5.28. The first-order chi connectivity index (χ1) is 8.47. The Balaban J connectivity index is 2.87. The number of esters is 1. The number of nitrogens with zero attached hydrogens (tertiary/aromatic N) is 1. The molecule has 1 unspecified atom stereocenters. The topological polar surface area (TPSA) is 29.5 Å². The smallest absolute Gasteiger partial charge is 0.339 e. The lowest BCUT2D eigenvalue weighted by molar-refractivity contribution is -0.147. The minimum absolute atomic E-state index is 0.287. The Morgan fingerprint density at radius 3 is 2.56 bits per heavy atom. The lowest BCUT2D eigenvalue weighted by Crippen LogP contribution is -2.30. The summed E-state index contributed by atoms with van der Waals surface area (Å²) >= 11 is 0. The van der Waals surface area contributed by atoms with E-state index in [1.54, 1.807) is 6.08 Å². The van der Waals surface area contributed by atoms with Crippen LogP contribution in [0.5, 0.6) is 0 Å². The lowest BCUT2D eigenvalue weighted by atomic mass is 10.0. The van der Waals surface area contributed by atoms with Crippen molar-refractivity contribution in [2.45, 2.75) is 13.2 Å². The molecule has 0 N–H and O–H groups in total. The van der Waals surface area contributed by atoms with Crippen molar-refractivity contribution in [3.8, 4) is 0 Å². The summed E-state index contributed by atoms with van der Waals surface area (Å²) in [6.07, 6.45) is 1.41. The van der Waals surface area contributed by atoms with Crippen molar-refractivity contribution < 1.29 is 9.53 Å². The maximum atomic E-state index is 11.9. The number of benzene rings is 1. The van der Waals surface area contributed by atoms with Gasteiger partial charge in [0.25, 0.3) is 0 Å². The molecule has 0 aliphatic carbocycles. The number of hydrogen-bond acceptors (Lipinski definition) is 3. The van der Waals surface area contributed by atoms with Gasteiger partial charge in [-0.05, 0) is 32.1 Å². The maximum absolute atomic E-state index is 11.9. The van der Waals surface area contributed by atoms with Gasteiger partial charge < -0.3 is 4.74 Å². The molecule has 3 nitrogen and oxygen atoms in total. The van der Waals surface area contributed by atoms with E-state index in [-0.39, 0.29) is 6.23 Å². The number of carbonyl (C=O) groups is 1. The fourth-order valence-corrected chi connectivity index (χ4v) is 1.39. The second-order valence-corrected chi connectivity index (χ2v) is 4.24. The van der Waals surface area contributed by atoms with Crippen molar-refractivity contribution in [1.82, 2.24) is 4.90 Å². The van der Waals surface area contributed by atoms with Crippen LogP contribution in [0.15, 0.2) is 37.4 Å². The third-order valence-electron chi connectivity index (χ3n) is 2.76. The molecule has 0 bridgehead atoms. The van der Waals surface area contributed by atoms with E-state index >= 15 is 0 Å². The van der Waals surface area contributed by atoms with Crippen LogP contribution in [-0.4, -0.2) is 31.2 Å². The molecule has 0 radical (unpaired) electrons. The molecule has 1 aromatic rings. The standard InChI is InChI=1S/C15H19NO2/c1-6-13-9-7-8-10-14(13)11(2)15(17)18-12(3)16(4)5/h6-10,12H,1-2H2,3-5H3. The Morgan fingerprint density at radius 2 is 2.00 bits per heavy atom. The summed E-state index contributed by atoms with van der Waals surface area (Å²) in [4.78, 5) is 13.8.